The molecule has 2 aromatic rings. The minimum absolute atomic E-state index is 0.0171. The molecule has 0 atom stereocenters. The summed E-state index contributed by atoms with van der Waals surface area (Å²) < 4.78 is 32.6. The summed E-state index contributed by atoms with van der Waals surface area (Å²) in [5.74, 6) is -0.474. The quantitative estimate of drug-likeness (QED) is 0.594. The van der Waals surface area contributed by atoms with E-state index in [1.807, 2.05) is 0 Å². The standard InChI is InChI=1S/C19H19NO5S/c1-2-25-19(22)16-5-3-4-6-17(16)20-26(23,24)15-11-9-14(10-12-15)18(21)13-7-8-13/h3-6,9-13,20H,2,7-8H2,1H3. The summed E-state index contributed by atoms with van der Waals surface area (Å²) in [4.78, 5) is 24.0. The van der Waals surface area contributed by atoms with Crippen molar-refractivity contribution in [3.63, 3.8) is 0 Å². The van der Waals surface area contributed by atoms with Gasteiger partial charge in [-0.3, -0.25) is 9.52 Å². The van der Waals surface area contributed by atoms with Crippen LogP contribution < -0.4 is 4.72 Å². The van der Waals surface area contributed by atoms with E-state index in [2.05, 4.69) is 4.72 Å². The number of Topliss-reactive ketones (excluding diaryl/α,β-unsaturated/α-hetero) is 1. The molecular weight excluding hydrogens is 354 g/mol. The summed E-state index contributed by atoms with van der Waals surface area (Å²) in [6.07, 6.45) is 1.79. The molecule has 1 aliphatic rings. The van der Waals surface area contributed by atoms with Crippen LogP contribution >= 0.6 is 0 Å². The average molecular weight is 373 g/mol. The number of carbonyl (C=O) groups excluding carboxylic acids is 2. The minimum atomic E-state index is -3.90. The molecule has 1 N–H and O–H groups in total. The number of rotatable bonds is 7. The van der Waals surface area contributed by atoms with Gasteiger partial charge in [-0.15, -0.1) is 0 Å². The van der Waals surface area contributed by atoms with Gasteiger partial charge in [0, 0.05) is 11.5 Å². The highest BCUT2D eigenvalue weighted by Gasteiger charge is 2.30. The monoisotopic (exact) mass is 373 g/mol. The molecule has 1 aliphatic carbocycles. The highest BCUT2D eigenvalue weighted by atomic mass is 32.2. The normalized spacial score (nSPS) is 13.9. The van der Waals surface area contributed by atoms with Gasteiger partial charge in [0.1, 0.15) is 0 Å². The maximum Gasteiger partial charge on any atom is 0.340 e. The zero-order chi connectivity index (χ0) is 18.7. The van der Waals surface area contributed by atoms with E-state index in [1.165, 1.54) is 36.4 Å². The molecule has 136 valence electrons. The summed E-state index contributed by atoms with van der Waals surface area (Å²) in [6, 6.07) is 12.1. The van der Waals surface area contributed by atoms with Crippen molar-refractivity contribution in [1.29, 1.82) is 0 Å². The number of ketones is 1. The summed E-state index contributed by atoms with van der Waals surface area (Å²) in [7, 11) is -3.90. The van der Waals surface area contributed by atoms with Crippen LogP contribution in [-0.2, 0) is 14.8 Å². The SMILES string of the molecule is CCOC(=O)c1ccccc1NS(=O)(=O)c1ccc(C(=O)C2CC2)cc1. The summed E-state index contributed by atoms with van der Waals surface area (Å²) in [5.41, 5.74) is 0.793. The van der Waals surface area contributed by atoms with E-state index in [0.29, 0.717) is 5.56 Å². The van der Waals surface area contributed by atoms with E-state index in [4.69, 9.17) is 4.74 Å². The van der Waals surface area contributed by atoms with Crippen molar-refractivity contribution in [3.8, 4) is 0 Å². The van der Waals surface area contributed by atoms with E-state index < -0.39 is 16.0 Å². The fraction of sp³-hybridized carbons (Fsp3) is 0.263. The molecule has 0 spiro atoms. The molecule has 0 aliphatic heterocycles. The molecule has 0 bridgehead atoms. The van der Waals surface area contributed by atoms with Crippen LogP contribution in [0.25, 0.3) is 0 Å². The molecule has 1 fully saturated rings. The summed E-state index contributed by atoms with van der Waals surface area (Å²) in [6.45, 7) is 1.87. The van der Waals surface area contributed by atoms with Crippen molar-refractivity contribution in [2.75, 3.05) is 11.3 Å². The highest BCUT2D eigenvalue weighted by molar-refractivity contribution is 7.92. The van der Waals surface area contributed by atoms with Crippen LogP contribution in [-0.4, -0.2) is 26.8 Å². The Kier molecular flexibility index (Phi) is 5.08. The number of benzene rings is 2. The van der Waals surface area contributed by atoms with Crippen molar-refractivity contribution < 1.29 is 22.7 Å². The van der Waals surface area contributed by atoms with Crippen LogP contribution in [0.15, 0.2) is 53.4 Å². The minimum Gasteiger partial charge on any atom is -0.462 e. The van der Waals surface area contributed by atoms with Crippen LogP contribution in [0.3, 0.4) is 0 Å². The summed E-state index contributed by atoms with van der Waals surface area (Å²) >= 11 is 0. The maximum absolute atomic E-state index is 12.6. The van der Waals surface area contributed by atoms with Gasteiger partial charge in [-0.25, -0.2) is 13.2 Å². The van der Waals surface area contributed by atoms with E-state index in [-0.39, 0.29) is 34.5 Å². The van der Waals surface area contributed by atoms with E-state index in [9.17, 15) is 18.0 Å². The van der Waals surface area contributed by atoms with Crippen LogP contribution in [0.5, 0.6) is 0 Å². The van der Waals surface area contributed by atoms with Crippen LogP contribution in [0.4, 0.5) is 5.69 Å². The Labute approximate surface area is 152 Å². The van der Waals surface area contributed by atoms with Crippen molar-refractivity contribution in [3.05, 3.63) is 59.7 Å². The predicted molar refractivity (Wildman–Crippen MR) is 96.7 cm³/mol. The van der Waals surface area contributed by atoms with Gasteiger partial charge in [0.15, 0.2) is 5.78 Å². The van der Waals surface area contributed by atoms with E-state index in [0.717, 1.165) is 12.8 Å². The van der Waals surface area contributed by atoms with Gasteiger partial charge in [0.2, 0.25) is 0 Å². The Balaban J connectivity index is 1.83. The first-order valence-electron chi connectivity index (χ1n) is 8.35. The third kappa shape index (κ3) is 3.94. The fourth-order valence-corrected chi connectivity index (χ4v) is 3.62. The summed E-state index contributed by atoms with van der Waals surface area (Å²) in [5, 5.41) is 0. The van der Waals surface area contributed by atoms with Gasteiger partial charge < -0.3 is 4.74 Å². The van der Waals surface area contributed by atoms with Gasteiger partial charge in [0.05, 0.1) is 22.8 Å². The second kappa shape index (κ2) is 7.29. The molecule has 0 unspecified atom stereocenters. The fourth-order valence-electron chi connectivity index (χ4n) is 2.54. The topological polar surface area (TPSA) is 89.5 Å². The Morgan fingerprint density at radius 2 is 1.73 bits per heavy atom. The number of esters is 1. The molecule has 7 heteroatoms. The smallest absolute Gasteiger partial charge is 0.340 e. The molecule has 0 saturated heterocycles. The lowest BCUT2D eigenvalue weighted by molar-refractivity contribution is 0.0527. The zero-order valence-electron chi connectivity index (χ0n) is 14.3. The van der Waals surface area contributed by atoms with E-state index >= 15 is 0 Å². The van der Waals surface area contributed by atoms with Gasteiger partial charge in [-0.05, 0) is 44.0 Å². The third-order valence-electron chi connectivity index (χ3n) is 4.06. The Morgan fingerprint density at radius 3 is 2.35 bits per heavy atom. The molecule has 6 nitrogen and oxygen atoms in total. The average Bonchev–Trinajstić information content (AvgIpc) is 3.47. The molecule has 26 heavy (non-hydrogen) atoms. The van der Waals surface area contributed by atoms with Gasteiger partial charge in [0.25, 0.3) is 10.0 Å². The number of ether oxygens (including phenoxy) is 1. The Bertz CT molecular complexity index is 931. The van der Waals surface area contributed by atoms with Crippen molar-refractivity contribution in [2.24, 2.45) is 5.92 Å². The maximum atomic E-state index is 12.6. The molecule has 0 aromatic heterocycles. The number of nitrogens with one attached hydrogen (secondary N) is 1. The number of hydrogen-bond donors (Lipinski definition) is 1. The number of anilines is 1. The van der Waals surface area contributed by atoms with E-state index in [1.54, 1.807) is 19.1 Å². The first-order chi connectivity index (χ1) is 12.4. The van der Waals surface area contributed by atoms with Crippen molar-refractivity contribution in [1.82, 2.24) is 0 Å². The first kappa shape index (κ1) is 18.1. The number of carbonyl (C=O) groups is 2. The molecular formula is C19H19NO5S. The molecule has 2 aromatic carbocycles. The number of hydrogen-bond acceptors (Lipinski definition) is 5. The first-order valence-corrected chi connectivity index (χ1v) is 9.84. The largest absolute Gasteiger partial charge is 0.462 e. The zero-order valence-corrected chi connectivity index (χ0v) is 15.1. The van der Waals surface area contributed by atoms with Crippen LogP contribution in [0.2, 0.25) is 0 Å². The molecule has 0 heterocycles. The van der Waals surface area contributed by atoms with Gasteiger partial charge in [-0.2, -0.15) is 0 Å². The second-order valence-corrected chi connectivity index (χ2v) is 7.72. The molecule has 1 saturated carbocycles. The second-order valence-electron chi connectivity index (χ2n) is 6.03. The van der Waals surface area contributed by atoms with Gasteiger partial charge in [-0.1, -0.05) is 24.3 Å². The van der Waals surface area contributed by atoms with Crippen LogP contribution in [0.1, 0.15) is 40.5 Å². The molecule has 0 amide bonds. The lowest BCUT2D eigenvalue weighted by atomic mass is 10.1. The van der Waals surface area contributed by atoms with Crippen LogP contribution in [0, 0.1) is 5.92 Å². The molecule has 0 radical (unpaired) electrons. The van der Waals surface area contributed by atoms with Crippen molar-refractivity contribution in [2.45, 2.75) is 24.7 Å². The highest BCUT2D eigenvalue weighted by Crippen LogP contribution is 2.32. The van der Waals surface area contributed by atoms with Gasteiger partial charge >= 0.3 is 5.97 Å². The lowest BCUT2D eigenvalue weighted by Gasteiger charge is -2.12. The third-order valence-corrected chi connectivity index (χ3v) is 5.45. The number of sulfonamides is 1. The lowest BCUT2D eigenvalue weighted by Crippen LogP contribution is -2.16. The van der Waals surface area contributed by atoms with Crippen molar-refractivity contribution >= 4 is 27.5 Å². The number of para-hydroxylation sites is 1. The predicted octanol–water partition coefficient (Wildman–Crippen LogP) is 3.26. The Morgan fingerprint density at radius 1 is 1.08 bits per heavy atom. The Hall–Kier alpha value is -2.67. The molecule has 3 rings (SSSR count).